The predicted octanol–water partition coefficient (Wildman–Crippen LogP) is 2.46. The smallest absolute Gasteiger partial charge is 0.224 e. The third-order valence-electron chi connectivity index (χ3n) is 4.99. The summed E-state index contributed by atoms with van der Waals surface area (Å²) in [7, 11) is 0. The van der Waals surface area contributed by atoms with Gasteiger partial charge >= 0.3 is 0 Å². The number of anilines is 1. The molecule has 0 aliphatic carbocycles. The second-order valence-electron chi connectivity index (χ2n) is 7.07. The van der Waals surface area contributed by atoms with E-state index < -0.39 is 6.04 Å². The number of carbonyl (C=O) groups excluding carboxylic acids is 1. The minimum atomic E-state index is -0.418. The van der Waals surface area contributed by atoms with Gasteiger partial charge < -0.3 is 16.0 Å². The Labute approximate surface area is 164 Å². The molecular formula is C21H24FN5O. The predicted molar refractivity (Wildman–Crippen MR) is 105 cm³/mol. The molecule has 0 bridgehead atoms. The number of rotatable bonds is 7. The first kappa shape index (κ1) is 19.8. The zero-order chi connectivity index (χ0) is 19.9. The summed E-state index contributed by atoms with van der Waals surface area (Å²) in [5.74, 6) is 0.388. The van der Waals surface area contributed by atoms with Crippen molar-refractivity contribution in [1.82, 2.24) is 9.88 Å². The second kappa shape index (κ2) is 9.29. The van der Waals surface area contributed by atoms with Gasteiger partial charge in [0.2, 0.25) is 5.91 Å². The fourth-order valence-corrected chi connectivity index (χ4v) is 3.52. The van der Waals surface area contributed by atoms with Gasteiger partial charge in [-0.3, -0.25) is 4.79 Å². The molecule has 6 nitrogen and oxygen atoms in total. The lowest BCUT2D eigenvalue weighted by molar-refractivity contribution is -0.132. The van der Waals surface area contributed by atoms with Crippen molar-refractivity contribution >= 4 is 11.7 Å². The van der Waals surface area contributed by atoms with E-state index in [9.17, 15) is 9.18 Å². The summed E-state index contributed by atoms with van der Waals surface area (Å²) in [5.41, 5.74) is 7.16. The van der Waals surface area contributed by atoms with Crippen molar-refractivity contribution in [3.8, 4) is 6.07 Å². The van der Waals surface area contributed by atoms with Gasteiger partial charge in [-0.2, -0.15) is 5.26 Å². The van der Waals surface area contributed by atoms with Crippen LogP contribution in [0.25, 0.3) is 0 Å². The Hall–Kier alpha value is -2.98. The van der Waals surface area contributed by atoms with Gasteiger partial charge in [-0.1, -0.05) is 18.2 Å². The zero-order valence-electron chi connectivity index (χ0n) is 15.6. The molecule has 2 aromatic rings. The molecule has 1 aromatic carbocycles. The van der Waals surface area contributed by atoms with Gasteiger partial charge in [0.15, 0.2) is 0 Å². The van der Waals surface area contributed by atoms with Crippen molar-refractivity contribution in [2.24, 2.45) is 5.73 Å². The van der Waals surface area contributed by atoms with Crippen LogP contribution in [0.15, 0.2) is 42.6 Å². The first-order valence-electron chi connectivity index (χ1n) is 9.45. The normalized spacial score (nSPS) is 17.2. The Morgan fingerprint density at radius 3 is 2.93 bits per heavy atom. The van der Waals surface area contributed by atoms with E-state index in [1.165, 1.54) is 12.3 Å². The lowest BCUT2D eigenvalue weighted by atomic mass is 10.0. The summed E-state index contributed by atoms with van der Waals surface area (Å²) in [6, 6.07) is 11.7. The highest BCUT2D eigenvalue weighted by Crippen LogP contribution is 2.20. The zero-order valence-corrected chi connectivity index (χ0v) is 15.6. The fraction of sp³-hybridized carbons (Fsp3) is 0.381. The van der Waals surface area contributed by atoms with Crippen molar-refractivity contribution in [2.45, 2.75) is 37.8 Å². The number of likely N-dealkylation sites (tertiary alicyclic amines) is 1. The van der Waals surface area contributed by atoms with Crippen LogP contribution in [0.3, 0.4) is 0 Å². The van der Waals surface area contributed by atoms with Crippen molar-refractivity contribution in [2.75, 3.05) is 18.4 Å². The van der Waals surface area contributed by atoms with Crippen molar-refractivity contribution in [1.29, 1.82) is 5.26 Å². The average Bonchev–Trinajstić information content (AvgIpc) is 3.17. The van der Waals surface area contributed by atoms with E-state index in [0.717, 1.165) is 12.8 Å². The number of nitriles is 1. The Balaban J connectivity index is 1.52. The second-order valence-corrected chi connectivity index (χ2v) is 7.07. The van der Waals surface area contributed by atoms with Crippen LogP contribution in [0, 0.1) is 17.1 Å². The molecule has 3 rings (SSSR count). The molecule has 1 aromatic heterocycles. The summed E-state index contributed by atoms with van der Waals surface area (Å²) in [6.45, 7) is 1.30. The van der Waals surface area contributed by atoms with Crippen LogP contribution in [0.1, 0.15) is 30.4 Å². The molecule has 2 atom stereocenters. The standard InChI is InChI=1S/C21H24FN5O/c22-19-6-2-1-4-16(19)10-17(24)11-21(28)27-9-3-5-18(27)14-26-20-8-7-15(12-23)13-25-20/h1-2,4,6-8,13,17-18H,3,5,9-11,14,24H2,(H,25,26)/t17?,18-/m0/s1. The number of halogens is 1. The molecule has 0 saturated carbocycles. The van der Waals surface area contributed by atoms with Crippen LogP contribution in [-0.2, 0) is 11.2 Å². The van der Waals surface area contributed by atoms with Gasteiger partial charge in [-0.05, 0) is 43.0 Å². The molecule has 1 unspecified atom stereocenters. The lowest BCUT2D eigenvalue weighted by Crippen LogP contribution is -2.42. The summed E-state index contributed by atoms with van der Waals surface area (Å²) in [4.78, 5) is 18.8. The Morgan fingerprint density at radius 1 is 1.39 bits per heavy atom. The molecular weight excluding hydrogens is 357 g/mol. The number of nitrogens with zero attached hydrogens (tertiary/aromatic N) is 3. The van der Waals surface area contributed by atoms with Crippen molar-refractivity contribution in [3.63, 3.8) is 0 Å². The van der Waals surface area contributed by atoms with Crippen LogP contribution >= 0.6 is 0 Å². The number of aromatic nitrogens is 1. The number of carbonyl (C=O) groups is 1. The Kier molecular flexibility index (Phi) is 6.56. The van der Waals surface area contributed by atoms with E-state index in [1.807, 2.05) is 11.0 Å². The average molecular weight is 381 g/mol. The largest absolute Gasteiger partial charge is 0.368 e. The molecule has 3 N–H and O–H groups in total. The molecule has 146 valence electrons. The van der Waals surface area contributed by atoms with Gasteiger partial charge in [-0.25, -0.2) is 9.37 Å². The van der Waals surface area contributed by atoms with E-state index in [0.29, 0.717) is 36.5 Å². The topological polar surface area (TPSA) is 95.0 Å². The first-order valence-corrected chi connectivity index (χ1v) is 9.45. The summed E-state index contributed by atoms with van der Waals surface area (Å²) in [5, 5.41) is 12.0. The summed E-state index contributed by atoms with van der Waals surface area (Å²) < 4.78 is 13.8. The minimum absolute atomic E-state index is 0.000858. The fourth-order valence-electron chi connectivity index (χ4n) is 3.52. The molecule has 0 radical (unpaired) electrons. The number of nitrogens with two attached hydrogens (primary N) is 1. The van der Waals surface area contributed by atoms with Crippen LogP contribution in [0.5, 0.6) is 0 Å². The summed E-state index contributed by atoms with van der Waals surface area (Å²) >= 11 is 0. The van der Waals surface area contributed by atoms with E-state index in [1.54, 1.807) is 30.3 Å². The van der Waals surface area contributed by atoms with Crippen molar-refractivity contribution in [3.05, 3.63) is 59.5 Å². The molecule has 28 heavy (non-hydrogen) atoms. The van der Waals surface area contributed by atoms with Gasteiger partial charge in [0.1, 0.15) is 17.7 Å². The molecule has 7 heteroatoms. The number of hydrogen-bond donors (Lipinski definition) is 2. The van der Waals surface area contributed by atoms with Gasteiger partial charge in [-0.15, -0.1) is 0 Å². The SMILES string of the molecule is N#Cc1ccc(NC[C@@H]2CCCN2C(=O)CC(N)Cc2ccccc2F)nc1. The molecule has 1 aliphatic heterocycles. The highest BCUT2D eigenvalue weighted by molar-refractivity contribution is 5.77. The van der Waals surface area contributed by atoms with E-state index in [4.69, 9.17) is 11.0 Å². The van der Waals surface area contributed by atoms with E-state index >= 15 is 0 Å². The highest BCUT2D eigenvalue weighted by Gasteiger charge is 2.29. The monoisotopic (exact) mass is 381 g/mol. The van der Waals surface area contributed by atoms with Gasteiger partial charge in [0.25, 0.3) is 0 Å². The third kappa shape index (κ3) is 5.05. The van der Waals surface area contributed by atoms with Crippen molar-refractivity contribution < 1.29 is 9.18 Å². The number of nitrogens with one attached hydrogen (secondary N) is 1. The molecule has 0 spiro atoms. The van der Waals surface area contributed by atoms with E-state index in [2.05, 4.69) is 10.3 Å². The van der Waals surface area contributed by atoms with Crippen LogP contribution < -0.4 is 11.1 Å². The molecule has 2 heterocycles. The number of amides is 1. The summed E-state index contributed by atoms with van der Waals surface area (Å²) in [6.07, 6.45) is 3.91. The maximum Gasteiger partial charge on any atom is 0.224 e. The molecule has 1 saturated heterocycles. The number of hydrogen-bond acceptors (Lipinski definition) is 5. The first-order chi connectivity index (χ1) is 13.6. The maximum atomic E-state index is 13.8. The Morgan fingerprint density at radius 2 is 2.21 bits per heavy atom. The van der Waals surface area contributed by atoms with Crippen LogP contribution in [0.2, 0.25) is 0 Å². The maximum absolute atomic E-state index is 13.8. The third-order valence-corrected chi connectivity index (χ3v) is 4.99. The minimum Gasteiger partial charge on any atom is -0.368 e. The quantitative estimate of drug-likeness (QED) is 0.768. The van der Waals surface area contributed by atoms with Crippen LogP contribution in [0.4, 0.5) is 10.2 Å². The molecule has 1 aliphatic rings. The van der Waals surface area contributed by atoms with Crippen LogP contribution in [-0.4, -0.2) is 41.0 Å². The van der Waals surface area contributed by atoms with Gasteiger partial charge in [0, 0.05) is 37.8 Å². The lowest BCUT2D eigenvalue weighted by Gasteiger charge is -2.26. The molecule has 1 amide bonds. The number of benzene rings is 1. The van der Waals surface area contributed by atoms with Gasteiger partial charge in [0.05, 0.1) is 5.56 Å². The Bertz CT molecular complexity index is 849. The number of pyridine rings is 1. The van der Waals surface area contributed by atoms with E-state index in [-0.39, 0.29) is 24.2 Å². The molecule has 1 fully saturated rings. The highest BCUT2D eigenvalue weighted by atomic mass is 19.1.